The van der Waals surface area contributed by atoms with Crippen molar-refractivity contribution in [1.82, 2.24) is 10.2 Å². The number of benzene rings is 2. The van der Waals surface area contributed by atoms with E-state index in [1.807, 2.05) is 31.2 Å². The van der Waals surface area contributed by atoms with Gasteiger partial charge in [-0.2, -0.15) is 0 Å². The van der Waals surface area contributed by atoms with Gasteiger partial charge in [0.1, 0.15) is 6.04 Å². The normalized spacial score (nSPS) is 11.8. The molecule has 0 radical (unpaired) electrons. The molecule has 156 valence electrons. The highest BCUT2D eigenvalue weighted by Gasteiger charge is 2.27. The van der Waals surface area contributed by atoms with Crippen molar-refractivity contribution in [3.8, 4) is 0 Å². The number of nitrogens with zero attached hydrogens (tertiary/aromatic N) is 1. The van der Waals surface area contributed by atoms with Crippen LogP contribution in [0.2, 0.25) is 10.0 Å². The van der Waals surface area contributed by atoms with Crippen LogP contribution in [0.25, 0.3) is 0 Å². The van der Waals surface area contributed by atoms with Crippen molar-refractivity contribution >= 4 is 35.0 Å². The maximum atomic E-state index is 13.2. The Bertz CT molecular complexity index is 817. The molecule has 2 rings (SSSR count). The molecule has 2 aromatic carbocycles. The molecule has 4 nitrogen and oxygen atoms in total. The van der Waals surface area contributed by atoms with Crippen LogP contribution in [-0.2, 0) is 22.6 Å². The second-order valence-electron chi connectivity index (χ2n) is 7.20. The van der Waals surface area contributed by atoms with Crippen molar-refractivity contribution in [2.45, 2.75) is 52.6 Å². The Hall–Kier alpha value is -2.04. The lowest BCUT2D eigenvalue weighted by Gasteiger charge is -2.29. The third kappa shape index (κ3) is 6.76. The lowest BCUT2D eigenvalue weighted by Crippen LogP contribution is -2.48. The Labute approximate surface area is 183 Å². The van der Waals surface area contributed by atoms with E-state index in [1.54, 1.807) is 30.0 Å². The van der Waals surface area contributed by atoms with Crippen LogP contribution >= 0.6 is 23.2 Å². The molecule has 0 aliphatic carbocycles. The van der Waals surface area contributed by atoms with E-state index >= 15 is 0 Å². The largest absolute Gasteiger partial charge is 0.354 e. The zero-order valence-corrected chi connectivity index (χ0v) is 18.7. The molecule has 0 saturated heterocycles. The van der Waals surface area contributed by atoms with Crippen LogP contribution < -0.4 is 5.32 Å². The van der Waals surface area contributed by atoms with Crippen LogP contribution in [0.4, 0.5) is 0 Å². The van der Waals surface area contributed by atoms with Crippen LogP contribution in [0.5, 0.6) is 0 Å². The van der Waals surface area contributed by atoms with Crippen LogP contribution in [0.1, 0.15) is 43.4 Å². The monoisotopic (exact) mass is 434 g/mol. The number of aryl methyl sites for hydroxylation is 1. The maximum Gasteiger partial charge on any atom is 0.242 e. The Balaban J connectivity index is 2.24. The number of rotatable bonds is 9. The molecule has 0 fully saturated rings. The van der Waals surface area contributed by atoms with Gasteiger partial charge in [-0.05, 0) is 38.0 Å². The fraction of sp³-hybridized carbons (Fsp3) is 0.391. The number of carbonyl (C=O) groups is 2. The van der Waals surface area contributed by atoms with Crippen LogP contribution in [0, 0.1) is 6.92 Å². The van der Waals surface area contributed by atoms with Crippen LogP contribution in [0.15, 0.2) is 42.5 Å². The average molecular weight is 435 g/mol. The number of hydrogen-bond donors (Lipinski definition) is 1. The Morgan fingerprint density at radius 3 is 2.28 bits per heavy atom. The van der Waals surface area contributed by atoms with Crippen LogP contribution in [-0.4, -0.2) is 29.3 Å². The minimum absolute atomic E-state index is 0.150. The summed E-state index contributed by atoms with van der Waals surface area (Å²) in [5.41, 5.74) is 2.67. The van der Waals surface area contributed by atoms with Crippen molar-refractivity contribution in [3.05, 3.63) is 69.2 Å². The van der Waals surface area contributed by atoms with E-state index in [0.29, 0.717) is 22.2 Å². The molecular formula is C23H28Cl2N2O2. The molecule has 6 heteroatoms. The number of nitrogens with one attached hydrogen (secondary N) is 1. The minimum atomic E-state index is -0.642. The second kappa shape index (κ2) is 11.2. The Kier molecular flexibility index (Phi) is 8.99. The van der Waals surface area contributed by atoms with Gasteiger partial charge in [-0.25, -0.2) is 0 Å². The van der Waals surface area contributed by atoms with E-state index in [-0.39, 0.29) is 24.8 Å². The van der Waals surface area contributed by atoms with Gasteiger partial charge in [-0.15, -0.1) is 0 Å². The summed E-state index contributed by atoms with van der Waals surface area (Å²) >= 11 is 12.6. The molecule has 0 bridgehead atoms. The van der Waals surface area contributed by atoms with Gasteiger partial charge in [0.2, 0.25) is 11.8 Å². The third-order valence-corrected chi connectivity index (χ3v) is 5.57. The molecule has 0 saturated carbocycles. The summed E-state index contributed by atoms with van der Waals surface area (Å²) in [6.07, 6.45) is 2.08. The summed E-state index contributed by atoms with van der Waals surface area (Å²) in [4.78, 5) is 27.4. The summed E-state index contributed by atoms with van der Waals surface area (Å²) in [5.74, 6) is -0.332. The second-order valence-corrected chi connectivity index (χ2v) is 8.02. The first-order valence-corrected chi connectivity index (χ1v) is 10.6. The number of unbranched alkanes of at least 4 members (excludes halogenated alkanes) is 1. The van der Waals surface area contributed by atoms with Gasteiger partial charge in [-0.3, -0.25) is 9.59 Å². The molecule has 1 atom stereocenters. The van der Waals surface area contributed by atoms with E-state index in [0.717, 1.165) is 24.0 Å². The predicted octanol–water partition coefficient (Wildman–Crippen LogP) is 5.18. The molecule has 0 heterocycles. The van der Waals surface area contributed by atoms with Crippen LogP contribution in [0.3, 0.4) is 0 Å². The summed E-state index contributed by atoms with van der Waals surface area (Å²) < 4.78 is 0. The van der Waals surface area contributed by atoms with Crippen molar-refractivity contribution in [2.24, 2.45) is 0 Å². The highest BCUT2D eigenvalue weighted by atomic mass is 35.5. The zero-order valence-electron chi connectivity index (χ0n) is 17.2. The van der Waals surface area contributed by atoms with Gasteiger partial charge in [-0.1, -0.05) is 72.4 Å². The molecule has 0 aliphatic rings. The summed E-state index contributed by atoms with van der Waals surface area (Å²) in [6.45, 7) is 6.56. The van der Waals surface area contributed by atoms with E-state index in [9.17, 15) is 9.59 Å². The first-order chi connectivity index (χ1) is 13.8. The summed E-state index contributed by atoms with van der Waals surface area (Å²) in [6, 6.07) is 12.4. The van der Waals surface area contributed by atoms with Gasteiger partial charge < -0.3 is 10.2 Å². The number of hydrogen-bond acceptors (Lipinski definition) is 2. The molecule has 0 aliphatic heterocycles. The lowest BCUT2D eigenvalue weighted by atomic mass is 10.1. The smallest absolute Gasteiger partial charge is 0.242 e. The van der Waals surface area contributed by atoms with E-state index in [4.69, 9.17) is 23.2 Å². The lowest BCUT2D eigenvalue weighted by molar-refractivity contribution is -0.140. The molecular weight excluding hydrogens is 407 g/mol. The van der Waals surface area contributed by atoms with Gasteiger partial charge in [0.05, 0.1) is 6.42 Å². The molecule has 2 aromatic rings. The Morgan fingerprint density at radius 1 is 1.07 bits per heavy atom. The third-order valence-electron chi connectivity index (χ3n) is 4.86. The van der Waals surface area contributed by atoms with Crippen molar-refractivity contribution in [3.63, 3.8) is 0 Å². The zero-order chi connectivity index (χ0) is 21.4. The molecule has 1 N–H and O–H groups in total. The van der Waals surface area contributed by atoms with E-state index in [1.165, 1.54) is 0 Å². The predicted molar refractivity (Wildman–Crippen MR) is 119 cm³/mol. The Morgan fingerprint density at radius 2 is 1.69 bits per heavy atom. The van der Waals surface area contributed by atoms with E-state index < -0.39 is 6.04 Å². The highest BCUT2D eigenvalue weighted by molar-refractivity contribution is 6.36. The number of amides is 2. The summed E-state index contributed by atoms with van der Waals surface area (Å²) in [7, 11) is 0. The maximum absolute atomic E-state index is 13.2. The SMILES string of the molecule is CCCCNC(=O)[C@H](C)N(Cc1c(Cl)cccc1Cl)C(=O)Cc1ccc(C)cc1. The first kappa shape index (κ1) is 23.2. The van der Waals surface area contributed by atoms with E-state index in [2.05, 4.69) is 12.2 Å². The van der Waals surface area contributed by atoms with Crippen molar-refractivity contribution < 1.29 is 9.59 Å². The fourth-order valence-electron chi connectivity index (χ4n) is 2.95. The van der Waals surface area contributed by atoms with Gasteiger partial charge in [0.15, 0.2) is 0 Å². The first-order valence-electron chi connectivity index (χ1n) is 9.89. The number of halogens is 2. The summed E-state index contributed by atoms with van der Waals surface area (Å²) in [5, 5.41) is 3.86. The van der Waals surface area contributed by atoms with Gasteiger partial charge in [0, 0.05) is 28.7 Å². The van der Waals surface area contributed by atoms with Crippen molar-refractivity contribution in [1.29, 1.82) is 0 Å². The topological polar surface area (TPSA) is 49.4 Å². The minimum Gasteiger partial charge on any atom is -0.354 e. The quantitative estimate of drug-likeness (QED) is 0.552. The molecule has 29 heavy (non-hydrogen) atoms. The van der Waals surface area contributed by atoms with Gasteiger partial charge >= 0.3 is 0 Å². The standard InChI is InChI=1S/C23H28Cl2N2O2/c1-4-5-13-26-23(29)17(3)27(15-19-20(24)7-6-8-21(19)25)22(28)14-18-11-9-16(2)10-12-18/h6-12,17H,4-5,13-15H2,1-3H3,(H,26,29)/t17-/m0/s1. The van der Waals surface area contributed by atoms with Gasteiger partial charge in [0.25, 0.3) is 0 Å². The van der Waals surface area contributed by atoms with Crippen molar-refractivity contribution in [2.75, 3.05) is 6.54 Å². The molecule has 0 unspecified atom stereocenters. The molecule has 0 aromatic heterocycles. The molecule has 0 spiro atoms. The molecule has 2 amide bonds. The highest BCUT2D eigenvalue weighted by Crippen LogP contribution is 2.27. The number of carbonyl (C=O) groups excluding carboxylic acids is 2. The fourth-order valence-corrected chi connectivity index (χ4v) is 3.47. The average Bonchev–Trinajstić information content (AvgIpc) is 2.69.